The number of cyclic esters (lactones) is 1. The molecule has 6 heteroatoms. The first kappa shape index (κ1) is 8.18. The van der Waals surface area contributed by atoms with Crippen LogP contribution in [0.2, 0.25) is 0 Å². The summed E-state index contributed by atoms with van der Waals surface area (Å²) in [6, 6.07) is 0. The zero-order chi connectivity index (χ0) is 9.42. The van der Waals surface area contributed by atoms with E-state index in [0.717, 1.165) is 11.3 Å². The molecular formula is C7H4FNO3S. The van der Waals surface area contributed by atoms with Gasteiger partial charge in [-0.05, 0) is 0 Å². The fraction of sp³-hybridized carbons (Fsp3) is 0.143. The lowest BCUT2D eigenvalue weighted by molar-refractivity contribution is -0.123. The normalized spacial score (nSPS) is 21.5. The number of halogens is 1. The molecule has 0 aliphatic carbocycles. The third-order valence-corrected chi connectivity index (χ3v) is 2.35. The second-order valence-electron chi connectivity index (χ2n) is 2.45. The summed E-state index contributed by atoms with van der Waals surface area (Å²) in [6.07, 6.45) is -1.96. The topological polar surface area (TPSA) is 55.4 Å². The van der Waals surface area contributed by atoms with Crippen molar-refractivity contribution >= 4 is 23.3 Å². The van der Waals surface area contributed by atoms with E-state index in [9.17, 15) is 14.0 Å². The van der Waals surface area contributed by atoms with Crippen LogP contribution in [0.3, 0.4) is 0 Å². The van der Waals surface area contributed by atoms with E-state index in [0.29, 0.717) is 0 Å². The number of nitrogens with one attached hydrogen (secondary N) is 1. The molecule has 0 saturated carbocycles. The van der Waals surface area contributed by atoms with Crippen LogP contribution < -0.4 is 5.32 Å². The van der Waals surface area contributed by atoms with Crippen LogP contribution >= 0.6 is 11.3 Å². The molecule has 1 aliphatic heterocycles. The first-order chi connectivity index (χ1) is 6.18. The first-order valence-electron chi connectivity index (χ1n) is 3.41. The van der Waals surface area contributed by atoms with Gasteiger partial charge in [0.25, 0.3) is 5.91 Å². The van der Waals surface area contributed by atoms with Gasteiger partial charge in [0.2, 0.25) is 6.10 Å². The molecular weight excluding hydrogens is 197 g/mol. The molecule has 0 aromatic carbocycles. The van der Waals surface area contributed by atoms with Crippen molar-refractivity contribution < 1.29 is 18.7 Å². The number of rotatable bonds is 1. The number of carbonyl (C=O) groups excluding carboxylic acids is 2. The molecule has 2 amide bonds. The van der Waals surface area contributed by atoms with E-state index in [2.05, 4.69) is 4.74 Å². The summed E-state index contributed by atoms with van der Waals surface area (Å²) in [6.45, 7) is 0. The summed E-state index contributed by atoms with van der Waals surface area (Å²) in [5.41, 5.74) is 0.105. The van der Waals surface area contributed by atoms with Crippen molar-refractivity contribution in [2.75, 3.05) is 0 Å². The van der Waals surface area contributed by atoms with Gasteiger partial charge in [0, 0.05) is 16.3 Å². The van der Waals surface area contributed by atoms with Crippen molar-refractivity contribution in [1.82, 2.24) is 5.32 Å². The molecule has 1 aromatic heterocycles. The predicted octanol–water partition coefficient (Wildman–Crippen LogP) is 1.19. The Balaban J connectivity index is 2.32. The summed E-state index contributed by atoms with van der Waals surface area (Å²) < 4.78 is 17.5. The number of imide groups is 1. The largest absolute Gasteiger partial charge is 0.431 e. The number of amides is 2. The monoisotopic (exact) mass is 201 g/mol. The molecule has 1 aromatic rings. The molecule has 2 rings (SSSR count). The van der Waals surface area contributed by atoms with Crippen molar-refractivity contribution in [1.29, 1.82) is 0 Å². The van der Waals surface area contributed by atoms with Gasteiger partial charge < -0.3 is 4.74 Å². The third kappa shape index (κ3) is 1.29. The fourth-order valence-electron chi connectivity index (χ4n) is 1.04. The molecule has 68 valence electrons. The molecule has 0 spiro atoms. The van der Waals surface area contributed by atoms with Crippen molar-refractivity contribution in [3.63, 3.8) is 0 Å². The number of alkyl carbamates (subject to hydrolysis) is 1. The van der Waals surface area contributed by atoms with Gasteiger partial charge in [-0.25, -0.2) is 9.18 Å². The maximum absolute atomic E-state index is 12.9. The molecule has 1 aliphatic rings. The summed E-state index contributed by atoms with van der Waals surface area (Å²) in [4.78, 5) is 21.6. The number of hydrogen-bond acceptors (Lipinski definition) is 4. The number of hydrogen-bond donors (Lipinski definition) is 1. The van der Waals surface area contributed by atoms with Gasteiger partial charge in [0.15, 0.2) is 0 Å². The Morgan fingerprint density at radius 1 is 1.46 bits per heavy atom. The van der Waals surface area contributed by atoms with Gasteiger partial charge in [-0.2, -0.15) is 0 Å². The molecule has 0 radical (unpaired) electrons. The molecule has 2 heterocycles. The predicted molar refractivity (Wildman–Crippen MR) is 41.6 cm³/mol. The Bertz CT molecular complexity index is 376. The van der Waals surface area contributed by atoms with Crippen LogP contribution in [0.15, 0.2) is 10.8 Å². The average Bonchev–Trinajstić information content (AvgIpc) is 2.58. The highest BCUT2D eigenvalue weighted by Gasteiger charge is 2.35. The van der Waals surface area contributed by atoms with E-state index in [4.69, 9.17) is 0 Å². The van der Waals surface area contributed by atoms with Crippen LogP contribution in [0.1, 0.15) is 11.7 Å². The highest BCUT2D eigenvalue weighted by atomic mass is 32.1. The van der Waals surface area contributed by atoms with Crippen LogP contribution in [0.25, 0.3) is 0 Å². The van der Waals surface area contributed by atoms with E-state index in [1.54, 1.807) is 0 Å². The van der Waals surface area contributed by atoms with Crippen LogP contribution in [-0.2, 0) is 9.53 Å². The molecule has 13 heavy (non-hydrogen) atoms. The number of thiophene rings is 1. The Hall–Kier alpha value is -1.43. The standard InChI is InChI=1S/C7H4FNO3S/c8-4-2-13-1-3(4)5-6(10)9-7(11)12-5/h1-2,5H,(H,9,10,11). The lowest BCUT2D eigenvalue weighted by Crippen LogP contribution is -2.20. The minimum Gasteiger partial charge on any atom is -0.431 e. The molecule has 1 fully saturated rings. The minimum absolute atomic E-state index is 0.105. The maximum Gasteiger partial charge on any atom is 0.415 e. The molecule has 1 N–H and O–H groups in total. The molecule has 1 unspecified atom stereocenters. The summed E-state index contributed by atoms with van der Waals surface area (Å²) in [5, 5.41) is 4.61. The summed E-state index contributed by atoms with van der Waals surface area (Å²) >= 11 is 1.11. The zero-order valence-electron chi connectivity index (χ0n) is 6.24. The molecule has 1 atom stereocenters. The maximum atomic E-state index is 12.9. The highest BCUT2D eigenvalue weighted by Crippen LogP contribution is 2.26. The Morgan fingerprint density at radius 2 is 2.23 bits per heavy atom. The van der Waals surface area contributed by atoms with Crippen molar-refractivity contribution in [3.8, 4) is 0 Å². The third-order valence-electron chi connectivity index (χ3n) is 1.61. The Morgan fingerprint density at radius 3 is 2.69 bits per heavy atom. The quantitative estimate of drug-likeness (QED) is 0.742. The molecule has 1 saturated heterocycles. The Kier molecular flexibility index (Phi) is 1.77. The fourth-order valence-corrected chi connectivity index (χ4v) is 1.75. The lowest BCUT2D eigenvalue weighted by Gasteiger charge is -2.02. The van der Waals surface area contributed by atoms with Crippen LogP contribution in [0.4, 0.5) is 9.18 Å². The van der Waals surface area contributed by atoms with Gasteiger partial charge in [0.05, 0.1) is 0 Å². The smallest absolute Gasteiger partial charge is 0.415 e. The van der Waals surface area contributed by atoms with Gasteiger partial charge >= 0.3 is 6.09 Å². The Labute approximate surface area is 76.3 Å². The van der Waals surface area contributed by atoms with E-state index in [-0.39, 0.29) is 5.56 Å². The molecule has 4 nitrogen and oxygen atoms in total. The SMILES string of the molecule is O=C1NC(=O)C(c2cscc2F)O1. The van der Waals surface area contributed by atoms with Gasteiger partial charge in [-0.1, -0.05) is 0 Å². The molecule has 0 bridgehead atoms. The second-order valence-corrected chi connectivity index (χ2v) is 3.19. The minimum atomic E-state index is -1.13. The summed E-state index contributed by atoms with van der Waals surface area (Å²) in [7, 11) is 0. The van der Waals surface area contributed by atoms with Crippen molar-refractivity contribution in [2.24, 2.45) is 0 Å². The van der Waals surface area contributed by atoms with E-state index >= 15 is 0 Å². The second kappa shape index (κ2) is 2.81. The first-order valence-corrected chi connectivity index (χ1v) is 4.36. The van der Waals surface area contributed by atoms with Crippen molar-refractivity contribution in [2.45, 2.75) is 6.10 Å². The van der Waals surface area contributed by atoms with Gasteiger partial charge in [-0.15, -0.1) is 11.3 Å². The van der Waals surface area contributed by atoms with Gasteiger partial charge in [0.1, 0.15) is 5.82 Å². The van der Waals surface area contributed by atoms with E-state index in [1.165, 1.54) is 10.8 Å². The average molecular weight is 201 g/mol. The van der Waals surface area contributed by atoms with Crippen LogP contribution in [-0.4, -0.2) is 12.0 Å². The number of ether oxygens (including phenoxy) is 1. The summed E-state index contributed by atoms with van der Waals surface area (Å²) in [5.74, 6) is -1.15. The van der Waals surface area contributed by atoms with E-state index < -0.39 is 23.9 Å². The zero-order valence-corrected chi connectivity index (χ0v) is 7.06. The van der Waals surface area contributed by atoms with Gasteiger partial charge in [-0.3, -0.25) is 10.1 Å². The van der Waals surface area contributed by atoms with E-state index in [1.807, 2.05) is 5.32 Å². The van der Waals surface area contributed by atoms with Crippen LogP contribution in [0.5, 0.6) is 0 Å². The number of carbonyl (C=O) groups is 2. The van der Waals surface area contributed by atoms with Crippen molar-refractivity contribution in [3.05, 3.63) is 22.1 Å². The van der Waals surface area contributed by atoms with Crippen LogP contribution in [0, 0.1) is 5.82 Å². The highest BCUT2D eigenvalue weighted by molar-refractivity contribution is 7.08. The lowest BCUT2D eigenvalue weighted by atomic mass is 10.2.